The topological polar surface area (TPSA) is 74.2 Å². The van der Waals surface area contributed by atoms with Gasteiger partial charge in [-0.25, -0.2) is 9.78 Å². The molecule has 0 fully saturated rings. The van der Waals surface area contributed by atoms with E-state index in [1.165, 1.54) is 11.3 Å². The van der Waals surface area contributed by atoms with E-state index in [4.69, 9.17) is 0 Å². The molecule has 1 atom stereocenters. The van der Waals surface area contributed by atoms with Crippen LogP contribution in [0.4, 0.5) is 10.6 Å². The second kappa shape index (κ2) is 6.24. The number of anilines is 1. The van der Waals surface area contributed by atoms with Gasteiger partial charge in [0.05, 0.1) is 6.54 Å². The number of thiophene rings is 1. The number of urea groups is 1. The van der Waals surface area contributed by atoms with Crippen LogP contribution in [0.2, 0.25) is 0 Å². The summed E-state index contributed by atoms with van der Waals surface area (Å²) in [6.07, 6.45) is 0. The molecule has 0 spiro atoms. The molecule has 0 saturated heterocycles. The normalized spacial score (nSPS) is 13.5. The second-order valence-corrected chi connectivity index (χ2v) is 6.18. The van der Waals surface area contributed by atoms with Crippen molar-refractivity contribution in [2.24, 2.45) is 0 Å². The summed E-state index contributed by atoms with van der Waals surface area (Å²) in [5.74, 6) is 0.501. The van der Waals surface area contributed by atoms with Crippen molar-refractivity contribution in [3.63, 3.8) is 0 Å². The first-order valence-corrected chi connectivity index (χ1v) is 7.51. The number of pyridine rings is 1. The Balaban J connectivity index is 1.93. The molecule has 0 aliphatic heterocycles. The third kappa shape index (κ3) is 4.27. The maximum atomic E-state index is 11.9. The molecule has 0 bridgehead atoms. The van der Waals surface area contributed by atoms with Gasteiger partial charge >= 0.3 is 6.03 Å². The molecule has 3 N–H and O–H groups in total. The minimum Gasteiger partial charge on any atom is -0.383 e. The zero-order valence-electron chi connectivity index (χ0n) is 12.3. The van der Waals surface area contributed by atoms with E-state index in [1.54, 1.807) is 13.0 Å². The summed E-state index contributed by atoms with van der Waals surface area (Å²) < 4.78 is 0. The molecule has 2 rings (SSSR count). The molecule has 2 amide bonds. The van der Waals surface area contributed by atoms with Crippen molar-refractivity contribution < 1.29 is 9.90 Å². The van der Waals surface area contributed by atoms with Gasteiger partial charge in [0.2, 0.25) is 0 Å². The number of hydrogen-bond donors (Lipinski definition) is 3. The quantitative estimate of drug-likeness (QED) is 0.813. The van der Waals surface area contributed by atoms with E-state index in [0.29, 0.717) is 5.82 Å². The maximum Gasteiger partial charge on any atom is 0.320 e. The fourth-order valence-electron chi connectivity index (χ4n) is 1.99. The number of nitrogens with zero attached hydrogens (tertiary/aromatic N) is 1. The van der Waals surface area contributed by atoms with Crippen molar-refractivity contribution in [1.82, 2.24) is 10.3 Å². The van der Waals surface area contributed by atoms with Gasteiger partial charge in [-0.3, -0.25) is 5.32 Å². The van der Waals surface area contributed by atoms with Gasteiger partial charge in [-0.2, -0.15) is 0 Å². The molecule has 112 valence electrons. The predicted molar refractivity (Wildman–Crippen MR) is 84.6 cm³/mol. The molecule has 0 saturated carbocycles. The van der Waals surface area contributed by atoms with Crippen LogP contribution in [0.3, 0.4) is 0 Å². The minimum atomic E-state index is -1.08. The van der Waals surface area contributed by atoms with Gasteiger partial charge in [-0.05, 0) is 49.9 Å². The summed E-state index contributed by atoms with van der Waals surface area (Å²) in [7, 11) is 0. The Morgan fingerprint density at radius 3 is 2.81 bits per heavy atom. The summed E-state index contributed by atoms with van der Waals surface area (Å²) in [6, 6.07) is 7.06. The summed E-state index contributed by atoms with van der Waals surface area (Å²) in [5, 5.41) is 17.6. The summed E-state index contributed by atoms with van der Waals surface area (Å²) >= 11 is 1.46. The van der Waals surface area contributed by atoms with Gasteiger partial charge in [0.1, 0.15) is 11.4 Å². The fraction of sp³-hybridized carbons (Fsp3) is 0.333. The highest BCUT2D eigenvalue weighted by molar-refractivity contribution is 7.10. The van der Waals surface area contributed by atoms with E-state index in [0.717, 1.165) is 16.1 Å². The highest BCUT2D eigenvalue weighted by Gasteiger charge is 2.24. The van der Waals surface area contributed by atoms with Gasteiger partial charge < -0.3 is 10.4 Å². The van der Waals surface area contributed by atoms with E-state index >= 15 is 0 Å². The fourth-order valence-corrected chi connectivity index (χ4v) is 2.78. The van der Waals surface area contributed by atoms with Crippen molar-refractivity contribution in [1.29, 1.82) is 0 Å². The molecule has 5 nitrogen and oxygen atoms in total. The first-order valence-electron chi connectivity index (χ1n) is 6.63. The smallest absolute Gasteiger partial charge is 0.320 e. The monoisotopic (exact) mass is 305 g/mol. The lowest BCUT2D eigenvalue weighted by atomic mass is 10.1. The molecule has 0 radical (unpaired) electrons. The van der Waals surface area contributed by atoms with E-state index < -0.39 is 5.60 Å². The van der Waals surface area contributed by atoms with Gasteiger partial charge in [0, 0.05) is 10.6 Å². The Bertz CT molecular complexity index is 604. The lowest BCUT2D eigenvalue weighted by Gasteiger charge is -2.22. The van der Waals surface area contributed by atoms with E-state index in [9.17, 15) is 9.90 Å². The number of carbonyl (C=O) groups is 1. The zero-order chi connectivity index (χ0) is 15.5. The molecule has 2 aromatic heterocycles. The van der Waals surface area contributed by atoms with E-state index in [2.05, 4.69) is 15.6 Å². The van der Waals surface area contributed by atoms with Crippen molar-refractivity contribution >= 4 is 23.2 Å². The van der Waals surface area contributed by atoms with Crippen molar-refractivity contribution in [3.8, 4) is 0 Å². The molecular weight excluding hydrogens is 286 g/mol. The first kappa shape index (κ1) is 15.5. The number of hydrogen-bond acceptors (Lipinski definition) is 4. The lowest BCUT2D eigenvalue weighted by Crippen LogP contribution is -2.40. The molecule has 6 heteroatoms. The third-order valence-corrected chi connectivity index (χ3v) is 4.11. The predicted octanol–water partition coefficient (Wildman–Crippen LogP) is 2.79. The number of amides is 2. The molecule has 2 heterocycles. The Kier molecular flexibility index (Phi) is 4.59. The third-order valence-electron chi connectivity index (χ3n) is 2.98. The van der Waals surface area contributed by atoms with Crippen LogP contribution in [0.5, 0.6) is 0 Å². The molecule has 2 aromatic rings. The van der Waals surface area contributed by atoms with Crippen LogP contribution >= 0.6 is 11.3 Å². The van der Waals surface area contributed by atoms with E-state index in [1.807, 2.05) is 37.4 Å². The van der Waals surface area contributed by atoms with Crippen LogP contribution in [0.15, 0.2) is 29.6 Å². The number of aromatic nitrogens is 1. The molecule has 0 aromatic carbocycles. The van der Waals surface area contributed by atoms with Crippen LogP contribution in [-0.4, -0.2) is 22.7 Å². The number of nitrogens with one attached hydrogen (secondary N) is 2. The Labute approximate surface area is 128 Å². The highest BCUT2D eigenvalue weighted by Crippen LogP contribution is 2.24. The number of aryl methyl sites for hydroxylation is 2. The van der Waals surface area contributed by atoms with E-state index in [-0.39, 0.29) is 12.6 Å². The Morgan fingerprint density at radius 1 is 1.43 bits per heavy atom. The molecular formula is C15H19N3O2S. The summed E-state index contributed by atoms with van der Waals surface area (Å²) in [5.41, 5.74) is 0.792. The summed E-state index contributed by atoms with van der Waals surface area (Å²) in [6.45, 7) is 5.62. The number of carbonyl (C=O) groups excluding carboxylic acids is 1. The standard InChI is InChI=1S/C15H19N3O2S/c1-10-7-11(2)17-13(8-10)18-14(19)16-9-15(3,20)12-5-4-6-21-12/h4-8,20H,9H2,1-3H3,(H2,16,17,18,19)/t15-/m0/s1. The average molecular weight is 305 g/mol. The maximum absolute atomic E-state index is 11.9. The van der Waals surface area contributed by atoms with Crippen LogP contribution in [0.25, 0.3) is 0 Å². The number of aliphatic hydroxyl groups is 1. The van der Waals surface area contributed by atoms with Gasteiger partial charge in [0.15, 0.2) is 0 Å². The first-order chi connectivity index (χ1) is 9.87. The number of rotatable bonds is 4. The minimum absolute atomic E-state index is 0.129. The van der Waals surface area contributed by atoms with Gasteiger partial charge in [-0.15, -0.1) is 11.3 Å². The SMILES string of the molecule is Cc1cc(C)nc(NC(=O)NC[C@](C)(O)c2cccs2)c1. The highest BCUT2D eigenvalue weighted by atomic mass is 32.1. The Morgan fingerprint density at radius 2 is 2.19 bits per heavy atom. The second-order valence-electron chi connectivity index (χ2n) is 5.23. The average Bonchev–Trinajstić information content (AvgIpc) is 2.89. The van der Waals surface area contributed by atoms with Crippen molar-refractivity contribution in [3.05, 3.63) is 45.8 Å². The van der Waals surface area contributed by atoms with Gasteiger partial charge in [0.25, 0.3) is 0 Å². The largest absolute Gasteiger partial charge is 0.383 e. The van der Waals surface area contributed by atoms with Crippen molar-refractivity contribution in [2.75, 3.05) is 11.9 Å². The molecule has 0 unspecified atom stereocenters. The van der Waals surface area contributed by atoms with Crippen molar-refractivity contribution in [2.45, 2.75) is 26.4 Å². The molecule has 21 heavy (non-hydrogen) atoms. The summed E-state index contributed by atoms with van der Waals surface area (Å²) in [4.78, 5) is 16.9. The van der Waals surface area contributed by atoms with Crippen LogP contribution in [0.1, 0.15) is 23.1 Å². The van der Waals surface area contributed by atoms with Crippen LogP contribution < -0.4 is 10.6 Å². The molecule has 0 aliphatic carbocycles. The van der Waals surface area contributed by atoms with Crippen LogP contribution in [-0.2, 0) is 5.60 Å². The lowest BCUT2D eigenvalue weighted by molar-refractivity contribution is 0.0637. The molecule has 0 aliphatic rings. The zero-order valence-corrected chi connectivity index (χ0v) is 13.1. The van der Waals surface area contributed by atoms with Crippen LogP contribution in [0, 0.1) is 13.8 Å². The Hall–Kier alpha value is -1.92. The van der Waals surface area contributed by atoms with Gasteiger partial charge in [-0.1, -0.05) is 6.07 Å².